The highest BCUT2D eigenvalue weighted by atomic mass is 16.5. The molecule has 4 heteroatoms. The van der Waals surface area contributed by atoms with Gasteiger partial charge in [0.15, 0.2) is 0 Å². The van der Waals surface area contributed by atoms with Crippen molar-refractivity contribution in [1.82, 2.24) is 4.90 Å². The highest BCUT2D eigenvalue weighted by Crippen LogP contribution is 2.28. The minimum absolute atomic E-state index is 0.127. The molecule has 1 fully saturated rings. The first-order valence-corrected chi connectivity index (χ1v) is 6.80. The number of nitrogens with zero attached hydrogens (tertiary/aromatic N) is 2. The van der Waals surface area contributed by atoms with Crippen LogP contribution in [0.3, 0.4) is 0 Å². The number of rotatable bonds is 3. The third-order valence-electron chi connectivity index (χ3n) is 4.22. The Morgan fingerprint density at radius 2 is 1.95 bits per heavy atom. The Bertz CT molecular complexity index is 416. The summed E-state index contributed by atoms with van der Waals surface area (Å²) >= 11 is 0. The molecule has 1 saturated heterocycles. The molecular formula is C15H25N3O. The van der Waals surface area contributed by atoms with E-state index < -0.39 is 0 Å². The van der Waals surface area contributed by atoms with Gasteiger partial charge in [-0.25, -0.2) is 0 Å². The lowest BCUT2D eigenvalue weighted by Gasteiger charge is -2.50. The number of benzene rings is 1. The normalized spacial score (nSPS) is 23.4. The summed E-state index contributed by atoms with van der Waals surface area (Å²) in [5.41, 5.74) is 7.28. The fourth-order valence-electron chi connectivity index (χ4n) is 2.74. The maximum atomic E-state index is 5.91. The zero-order valence-electron chi connectivity index (χ0n) is 12.4. The summed E-state index contributed by atoms with van der Waals surface area (Å²) in [6.45, 7) is 7.21. The molecule has 1 aliphatic heterocycles. The standard InChI is InChI=1S/C15H25N3O/c1-15(2)11-18(10-13(9-16)17(15)3)12-5-7-14(19-4)8-6-12/h5-8,13H,9-11,16H2,1-4H3. The molecule has 0 amide bonds. The molecule has 2 N–H and O–H groups in total. The molecule has 0 radical (unpaired) electrons. The quantitative estimate of drug-likeness (QED) is 0.898. The van der Waals surface area contributed by atoms with E-state index in [1.165, 1.54) is 5.69 Å². The second-order valence-corrected chi connectivity index (χ2v) is 5.89. The Balaban J connectivity index is 2.19. The van der Waals surface area contributed by atoms with Gasteiger partial charge < -0.3 is 15.4 Å². The van der Waals surface area contributed by atoms with Crippen LogP contribution in [-0.4, -0.2) is 50.3 Å². The van der Waals surface area contributed by atoms with Gasteiger partial charge in [-0.1, -0.05) is 0 Å². The molecule has 1 aromatic carbocycles. The van der Waals surface area contributed by atoms with Crippen LogP contribution in [0.5, 0.6) is 5.75 Å². The fourth-order valence-corrected chi connectivity index (χ4v) is 2.74. The Hall–Kier alpha value is -1.26. The van der Waals surface area contributed by atoms with Gasteiger partial charge in [0.2, 0.25) is 0 Å². The Labute approximate surface area is 116 Å². The third kappa shape index (κ3) is 2.85. The van der Waals surface area contributed by atoms with Crippen molar-refractivity contribution in [2.75, 3.05) is 38.7 Å². The van der Waals surface area contributed by atoms with Crippen LogP contribution in [0.1, 0.15) is 13.8 Å². The Morgan fingerprint density at radius 1 is 1.32 bits per heavy atom. The van der Waals surface area contributed by atoms with Gasteiger partial charge in [-0.3, -0.25) is 4.90 Å². The number of hydrogen-bond acceptors (Lipinski definition) is 4. The van der Waals surface area contributed by atoms with E-state index in [0.29, 0.717) is 12.6 Å². The molecule has 1 unspecified atom stereocenters. The van der Waals surface area contributed by atoms with Crippen LogP contribution >= 0.6 is 0 Å². The average Bonchev–Trinajstić information content (AvgIpc) is 2.41. The smallest absolute Gasteiger partial charge is 0.119 e. The van der Waals surface area contributed by atoms with Crippen molar-refractivity contribution in [2.24, 2.45) is 5.73 Å². The summed E-state index contributed by atoms with van der Waals surface area (Å²) in [5.74, 6) is 0.896. The van der Waals surface area contributed by atoms with E-state index in [4.69, 9.17) is 10.5 Å². The lowest BCUT2D eigenvalue weighted by Crippen LogP contribution is -2.64. The molecular weight excluding hydrogens is 238 g/mol. The molecule has 0 aliphatic carbocycles. The first-order valence-electron chi connectivity index (χ1n) is 6.80. The van der Waals surface area contributed by atoms with Crippen LogP contribution in [0, 0.1) is 0 Å². The van der Waals surface area contributed by atoms with E-state index in [-0.39, 0.29) is 5.54 Å². The first kappa shape index (κ1) is 14.2. The molecule has 106 valence electrons. The molecule has 1 aliphatic rings. The van der Waals surface area contributed by atoms with Crippen molar-refractivity contribution >= 4 is 5.69 Å². The number of likely N-dealkylation sites (N-methyl/N-ethyl adjacent to an activating group) is 1. The van der Waals surface area contributed by atoms with Crippen LogP contribution in [0.2, 0.25) is 0 Å². The van der Waals surface area contributed by atoms with Gasteiger partial charge in [0.1, 0.15) is 5.75 Å². The zero-order chi connectivity index (χ0) is 14.0. The van der Waals surface area contributed by atoms with Crippen molar-refractivity contribution in [3.63, 3.8) is 0 Å². The van der Waals surface area contributed by atoms with Crippen LogP contribution in [-0.2, 0) is 0 Å². The van der Waals surface area contributed by atoms with E-state index >= 15 is 0 Å². The largest absolute Gasteiger partial charge is 0.497 e. The molecule has 4 nitrogen and oxygen atoms in total. The molecule has 0 saturated carbocycles. The van der Waals surface area contributed by atoms with Crippen molar-refractivity contribution in [3.05, 3.63) is 24.3 Å². The molecule has 1 aromatic rings. The lowest BCUT2D eigenvalue weighted by molar-refractivity contribution is 0.0845. The molecule has 2 rings (SSSR count). The van der Waals surface area contributed by atoms with Gasteiger partial charge >= 0.3 is 0 Å². The summed E-state index contributed by atoms with van der Waals surface area (Å²) in [4.78, 5) is 4.81. The van der Waals surface area contributed by atoms with E-state index in [0.717, 1.165) is 18.8 Å². The summed E-state index contributed by atoms with van der Waals surface area (Å²) < 4.78 is 5.21. The van der Waals surface area contributed by atoms with Gasteiger partial charge in [-0.05, 0) is 45.2 Å². The van der Waals surface area contributed by atoms with Gasteiger partial charge in [0.05, 0.1) is 7.11 Å². The van der Waals surface area contributed by atoms with Gasteiger partial charge in [0, 0.05) is 36.9 Å². The molecule has 1 atom stereocenters. The van der Waals surface area contributed by atoms with Crippen molar-refractivity contribution in [2.45, 2.75) is 25.4 Å². The van der Waals surface area contributed by atoms with E-state index in [9.17, 15) is 0 Å². The summed E-state index contributed by atoms with van der Waals surface area (Å²) in [6.07, 6.45) is 0. The second-order valence-electron chi connectivity index (χ2n) is 5.89. The number of ether oxygens (including phenoxy) is 1. The Morgan fingerprint density at radius 3 is 2.47 bits per heavy atom. The topological polar surface area (TPSA) is 41.7 Å². The first-order chi connectivity index (χ1) is 8.97. The number of nitrogens with two attached hydrogens (primary N) is 1. The molecule has 0 bridgehead atoms. The minimum Gasteiger partial charge on any atom is -0.497 e. The number of piperazine rings is 1. The van der Waals surface area contributed by atoms with Crippen molar-refractivity contribution in [1.29, 1.82) is 0 Å². The predicted molar refractivity (Wildman–Crippen MR) is 79.9 cm³/mol. The molecule has 0 aromatic heterocycles. The molecule has 19 heavy (non-hydrogen) atoms. The van der Waals surface area contributed by atoms with Crippen LogP contribution < -0.4 is 15.4 Å². The second kappa shape index (κ2) is 5.39. The van der Waals surface area contributed by atoms with E-state index in [2.05, 4.69) is 42.8 Å². The summed E-state index contributed by atoms with van der Waals surface area (Å²) in [5, 5.41) is 0. The maximum absolute atomic E-state index is 5.91. The van der Waals surface area contributed by atoms with Crippen LogP contribution in [0.15, 0.2) is 24.3 Å². The predicted octanol–water partition coefficient (Wildman–Crippen LogP) is 1.55. The highest BCUT2D eigenvalue weighted by molar-refractivity contribution is 5.50. The van der Waals surface area contributed by atoms with Gasteiger partial charge in [-0.2, -0.15) is 0 Å². The summed E-state index contributed by atoms with van der Waals surface area (Å²) in [6, 6.07) is 8.66. The zero-order valence-corrected chi connectivity index (χ0v) is 12.4. The van der Waals surface area contributed by atoms with Crippen LogP contribution in [0.25, 0.3) is 0 Å². The van der Waals surface area contributed by atoms with Gasteiger partial charge in [0.25, 0.3) is 0 Å². The van der Waals surface area contributed by atoms with E-state index in [1.54, 1.807) is 7.11 Å². The highest BCUT2D eigenvalue weighted by Gasteiger charge is 2.36. The average molecular weight is 263 g/mol. The molecule has 0 spiro atoms. The van der Waals surface area contributed by atoms with Crippen LogP contribution in [0.4, 0.5) is 5.69 Å². The number of anilines is 1. The van der Waals surface area contributed by atoms with E-state index in [1.807, 2.05) is 12.1 Å². The number of hydrogen-bond donors (Lipinski definition) is 1. The fraction of sp³-hybridized carbons (Fsp3) is 0.600. The minimum atomic E-state index is 0.127. The number of methoxy groups -OCH3 is 1. The lowest BCUT2D eigenvalue weighted by atomic mass is 9.95. The monoisotopic (exact) mass is 263 g/mol. The SMILES string of the molecule is COc1ccc(N2CC(CN)N(C)C(C)(C)C2)cc1. The molecule has 1 heterocycles. The summed E-state index contributed by atoms with van der Waals surface area (Å²) in [7, 11) is 3.86. The third-order valence-corrected chi connectivity index (χ3v) is 4.22. The van der Waals surface area contributed by atoms with Gasteiger partial charge in [-0.15, -0.1) is 0 Å². The maximum Gasteiger partial charge on any atom is 0.119 e. The van der Waals surface area contributed by atoms with Crippen molar-refractivity contribution in [3.8, 4) is 5.75 Å². The van der Waals surface area contributed by atoms with Crippen molar-refractivity contribution < 1.29 is 4.74 Å². The Kier molecular flexibility index (Phi) is 4.02.